The summed E-state index contributed by atoms with van der Waals surface area (Å²) in [5.74, 6) is -0.553. The smallest absolute Gasteiger partial charge is 0.317 e. The molecule has 1 aliphatic rings. The molecule has 1 aliphatic heterocycles. The molecular formula is C13H19N3O3S. The van der Waals surface area contributed by atoms with E-state index in [0.717, 1.165) is 24.3 Å². The van der Waals surface area contributed by atoms with Gasteiger partial charge in [0, 0.05) is 44.1 Å². The van der Waals surface area contributed by atoms with E-state index in [-0.39, 0.29) is 18.4 Å². The maximum atomic E-state index is 11.9. The third-order valence-corrected chi connectivity index (χ3v) is 4.30. The monoisotopic (exact) mass is 297 g/mol. The zero-order valence-corrected chi connectivity index (χ0v) is 12.1. The largest absolute Gasteiger partial charge is 0.481 e. The molecule has 0 spiro atoms. The lowest BCUT2D eigenvalue weighted by molar-refractivity contribution is -0.138. The normalized spacial score (nSPS) is 16.1. The highest BCUT2D eigenvalue weighted by molar-refractivity contribution is 7.09. The number of carboxylic acids is 1. The van der Waals surface area contributed by atoms with Gasteiger partial charge in [0.05, 0.1) is 5.01 Å². The maximum Gasteiger partial charge on any atom is 0.317 e. The minimum absolute atomic E-state index is 0.0599. The third-order valence-electron chi connectivity index (χ3n) is 3.46. The summed E-state index contributed by atoms with van der Waals surface area (Å²) < 4.78 is 0. The van der Waals surface area contributed by atoms with Gasteiger partial charge in [-0.25, -0.2) is 9.78 Å². The van der Waals surface area contributed by atoms with Gasteiger partial charge in [-0.15, -0.1) is 11.3 Å². The first-order valence-electron chi connectivity index (χ1n) is 6.78. The van der Waals surface area contributed by atoms with Crippen LogP contribution in [0.15, 0.2) is 11.6 Å². The number of piperidine rings is 1. The molecule has 2 heterocycles. The van der Waals surface area contributed by atoms with Crippen molar-refractivity contribution in [2.45, 2.75) is 25.7 Å². The Morgan fingerprint density at radius 1 is 1.45 bits per heavy atom. The first kappa shape index (κ1) is 14.8. The van der Waals surface area contributed by atoms with Gasteiger partial charge in [0.15, 0.2) is 0 Å². The van der Waals surface area contributed by atoms with Gasteiger partial charge in [-0.2, -0.15) is 0 Å². The van der Waals surface area contributed by atoms with Crippen LogP contribution in [0.25, 0.3) is 0 Å². The molecule has 6 nitrogen and oxygen atoms in total. The standard InChI is InChI=1S/C13H19N3O3S/c17-12(18)9-10-2-6-16(7-3-10)13(19)15-4-1-11-14-5-8-20-11/h5,8,10H,1-4,6-7,9H2,(H,15,19)(H,17,18). The first-order valence-corrected chi connectivity index (χ1v) is 7.66. The highest BCUT2D eigenvalue weighted by Gasteiger charge is 2.23. The molecule has 1 aromatic rings. The highest BCUT2D eigenvalue weighted by atomic mass is 32.1. The van der Waals surface area contributed by atoms with Gasteiger partial charge < -0.3 is 15.3 Å². The predicted molar refractivity (Wildman–Crippen MR) is 75.8 cm³/mol. The van der Waals surface area contributed by atoms with Crippen LogP contribution in [0.5, 0.6) is 0 Å². The molecule has 0 aliphatic carbocycles. The first-order chi connectivity index (χ1) is 9.65. The van der Waals surface area contributed by atoms with Gasteiger partial charge in [-0.3, -0.25) is 4.79 Å². The number of nitrogens with one attached hydrogen (secondary N) is 1. The van der Waals surface area contributed by atoms with Gasteiger partial charge in [0.1, 0.15) is 0 Å². The van der Waals surface area contributed by atoms with E-state index in [0.29, 0.717) is 19.6 Å². The Kier molecular flexibility index (Phi) is 5.34. The maximum absolute atomic E-state index is 11.9. The average molecular weight is 297 g/mol. The van der Waals surface area contributed by atoms with E-state index >= 15 is 0 Å². The second-order valence-electron chi connectivity index (χ2n) is 4.94. The fourth-order valence-corrected chi connectivity index (χ4v) is 2.97. The Labute approximate surface area is 121 Å². The molecule has 2 N–H and O–H groups in total. The predicted octanol–water partition coefficient (Wildman–Crippen LogP) is 1.58. The summed E-state index contributed by atoms with van der Waals surface area (Å²) in [6.07, 6.45) is 4.26. The fraction of sp³-hybridized carbons (Fsp3) is 0.615. The summed E-state index contributed by atoms with van der Waals surface area (Å²) in [6.45, 7) is 1.86. The van der Waals surface area contributed by atoms with Crippen molar-refractivity contribution in [1.29, 1.82) is 0 Å². The number of hydrogen-bond acceptors (Lipinski definition) is 4. The number of urea groups is 1. The Bertz CT molecular complexity index is 442. The van der Waals surface area contributed by atoms with Gasteiger partial charge in [-0.05, 0) is 18.8 Å². The molecule has 110 valence electrons. The summed E-state index contributed by atoms with van der Waals surface area (Å²) >= 11 is 1.58. The summed E-state index contributed by atoms with van der Waals surface area (Å²) in [5.41, 5.74) is 0. The van der Waals surface area contributed by atoms with Crippen molar-refractivity contribution in [3.05, 3.63) is 16.6 Å². The van der Waals surface area contributed by atoms with Crippen molar-refractivity contribution in [1.82, 2.24) is 15.2 Å². The Balaban J connectivity index is 1.65. The van der Waals surface area contributed by atoms with E-state index in [4.69, 9.17) is 5.11 Å². The van der Waals surface area contributed by atoms with E-state index in [1.165, 1.54) is 0 Å². The number of hydrogen-bond donors (Lipinski definition) is 2. The number of amides is 2. The number of carbonyl (C=O) groups is 2. The zero-order chi connectivity index (χ0) is 14.4. The lowest BCUT2D eigenvalue weighted by atomic mass is 9.94. The Morgan fingerprint density at radius 2 is 2.20 bits per heavy atom. The van der Waals surface area contributed by atoms with Crippen LogP contribution in [0.4, 0.5) is 4.79 Å². The van der Waals surface area contributed by atoms with Crippen LogP contribution in [0, 0.1) is 5.92 Å². The van der Waals surface area contributed by atoms with Gasteiger partial charge >= 0.3 is 12.0 Å². The number of aliphatic carboxylic acids is 1. The summed E-state index contributed by atoms with van der Waals surface area (Å²) in [6, 6.07) is -0.0599. The molecule has 1 fully saturated rings. The molecule has 0 bridgehead atoms. The van der Waals surface area contributed by atoms with Crippen molar-refractivity contribution in [2.75, 3.05) is 19.6 Å². The van der Waals surface area contributed by atoms with Gasteiger partial charge in [-0.1, -0.05) is 0 Å². The van der Waals surface area contributed by atoms with Crippen molar-refractivity contribution in [2.24, 2.45) is 5.92 Å². The minimum atomic E-state index is -0.753. The lowest BCUT2D eigenvalue weighted by Gasteiger charge is -2.31. The molecule has 0 aromatic carbocycles. The minimum Gasteiger partial charge on any atom is -0.481 e. The number of thiazole rings is 1. The molecule has 2 rings (SSSR count). The molecule has 0 unspecified atom stereocenters. The number of likely N-dealkylation sites (tertiary alicyclic amines) is 1. The van der Waals surface area contributed by atoms with E-state index in [2.05, 4.69) is 10.3 Å². The highest BCUT2D eigenvalue weighted by Crippen LogP contribution is 2.20. The lowest BCUT2D eigenvalue weighted by Crippen LogP contribution is -2.45. The van der Waals surface area contributed by atoms with Crippen LogP contribution in [0.1, 0.15) is 24.3 Å². The number of rotatable bonds is 5. The Morgan fingerprint density at radius 3 is 2.80 bits per heavy atom. The average Bonchev–Trinajstić information content (AvgIpc) is 2.92. The molecule has 0 radical (unpaired) electrons. The van der Waals surface area contributed by atoms with Crippen LogP contribution in [0.3, 0.4) is 0 Å². The van der Waals surface area contributed by atoms with Gasteiger partial charge in [0.25, 0.3) is 0 Å². The van der Waals surface area contributed by atoms with E-state index in [1.54, 1.807) is 22.4 Å². The van der Waals surface area contributed by atoms with Crippen LogP contribution in [0.2, 0.25) is 0 Å². The molecule has 0 saturated carbocycles. The number of carboxylic acid groups (broad SMARTS) is 1. The van der Waals surface area contributed by atoms with E-state index in [9.17, 15) is 9.59 Å². The molecule has 2 amide bonds. The second kappa shape index (κ2) is 7.23. The van der Waals surface area contributed by atoms with Crippen molar-refractivity contribution >= 4 is 23.3 Å². The zero-order valence-electron chi connectivity index (χ0n) is 11.2. The van der Waals surface area contributed by atoms with E-state index in [1.807, 2.05) is 5.38 Å². The second-order valence-corrected chi connectivity index (χ2v) is 5.92. The quantitative estimate of drug-likeness (QED) is 0.864. The number of carbonyl (C=O) groups excluding carboxylic acids is 1. The van der Waals surface area contributed by atoms with Crippen LogP contribution >= 0.6 is 11.3 Å². The summed E-state index contributed by atoms with van der Waals surface area (Å²) in [4.78, 5) is 28.5. The fourth-order valence-electron chi connectivity index (χ4n) is 2.35. The van der Waals surface area contributed by atoms with Crippen LogP contribution < -0.4 is 5.32 Å². The third kappa shape index (κ3) is 4.48. The summed E-state index contributed by atoms with van der Waals surface area (Å²) in [5, 5.41) is 14.6. The summed E-state index contributed by atoms with van der Waals surface area (Å²) in [7, 11) is 0. The topological polar surface area (TPSA) is 82.5 Å². The molecule has 0 atom stereocenters. The van der Waals surface area contributed by atoms with E-state index < -0.39 is 5.97 Å². The van der Waals surface area contributed by atoms with Gasteiger partial charge in [0.2, 0.25) is 0 Å². The van der Waals surface area contributed by atoms with Crippen molar-refractivity contribution < 1.29 is 14.7 Å². The molecular weight excluding hydrogens is 278 g/mol. The molecule has 20 heavy (non-hydrogen) atoms. The van der Waals surface area contributed by atoms with Crippen molar-refractivity contribution in [3.8, 4) is 0 Å². The Hall–Kier alpha value is -1.63. The number of aromatic nitrogens is 1. The van der Waals surface area contributed by atoms with Crippen molar-refractivity contribution in [3.63, 3.8) is 0 Å². The molecule has 7 heteroatoms. The van der Waals surface area contributed by atoms with Crippen LogP contribution in [-0.2, 0) is 11.2 Å². The van der Waals surface area contributed by atoms with Crippen LogP contribution in [-0.4, -0.2) is 46.6 Å². The molecule has 1 saturated heterocycles. The number of nitrogens with zero attached hydrogens (tertiary/aromatic N) is 2. The SMILES string of the molecule is O=C(O)CC1CCN(C(=O)NCCc2nccs2)CC1. The molecule has 1 aromatic heterocycles.